The van der Waals surface area contributed by atoms with Gasteiger partial charge in [-0.2, -0.15) is 4.31 Å². The lowest BCUT2D eigenvalue weighted by molar-refractivity contribution is -0.929. The molecule has 0 fully saturated rings. The van der Waals surface area contributed by atoms with Gasteiger partial charge in [-0.1, -0.05) is 107 Å². The first-order chi connectivity index (χ1) is 20.2. The van der Waals surface area contributed by atoms with Crippen LogP contribution in [0.5, 0.6) is 0 Å². The molecule has 0 radical (unpaired) electrons. The minimum Gasteiger partial charge on any atom is -0.324 e. The fourth-order valence-corrected chi connectivity index (χ4v) is 6.54. The summed E-state index contributed by atoms with van der Waals surface area (Å²) in [5, 5.41) is 0. The van der Waals surface area contributed by atoms with Crippen molar-refractivity contribution in [2.45, 2.75) is 158 Å². The standard InChI is InChI=1S/2C16H36N.H4O7P2/c2*1-5-9-13-17(14-10-6-2,15-11-7-3)16-12-8-4;1-8(2,3)7-9(4,5)6/h2*5-16H2,1-4H3;(H2,1,2,3)(H2,4,5,6)/q2*+1;/p+1. The van der Waals surface area contributed by atoms with Crippen LogP contribution in [-0.4, -0.2) is 80.9 Å². The maximum Gasteiger partial charge on any atom is 1.00 e. The highest BCUT2D eigenvalue weighted by Gasteiger charge is 2.28. The zero-order chi connectivity index (χ0) is 33.7. The molecule has 0 aromatic heterocycles. The highest BCUT2D eigenvalue weighted by Crippen LogP contribution is 2.53. The Labute approximate surface area is 269 Å². The summed E-state index contributed by atoms with van der Waals surface area (Å²) in [6, 6.07) is 0. The summed E-state index contributed by atoms with van der Waals surface area (Å²) in [7, 11) is -10.1. The summed E-state index contributed by atoms with van der Waals surface area (Å²) in [6.07, 6.45) is 22.1. The van der Waals surface area contributed by atoms with Crippen molar-refractivity contribution in [3.63, 3.8) is 0 Å². The summed E-state index contributed by atoms with van der Waals surface area (Å²) in [5.41, 5.74) is 0. The predicted molar refractivity (Wildman–Crippen MR) is 185 cm³/mol. The molecule has 0 atom stereocenters. The van der Waals surface area contributed by atoms with E-state index in [4.69, 9.17) is 19.6 Å². The molecule has 0 aliphatic heterocycles. The molecule has 0 saturated heterocycles. The van der Waals surface area contributed by atoms with Gasteiger partial charge in [0.2, 0.25) is 0 Å². The Balaban J connectivity index is -0.000000283. The lowest BCUT2D eigenvalue weighted by atomic mass is 10.1. The van der Waals surface area contributed by atoms with Crippen molar-refractivity contribution in [3.05, 3.63) is 0 Å². The van der Waals surface area contributed by atoms with Gasteiger partial charge in [-0.15, -0.1) is 0 Å². The van der Waals surface area contributed by atoms with Crippen molar-refractivity contribution in [1.29, 1.82) is 0 Å². The lowest BCUT2D eigenvalue weighted by Crippen LogP contribution is -2.50. The van der Waals surface area contributed by atoms with Crippen LogP contribution in [0.2, 0.25) is 0 Å². The van der Waals surface area contributed by atoms with Crippen molar-refractivity contribution in [1.82, 2.24) is 0 Å². The highest BCUT2D eigenvalue weighted by atomic mass is 31.3. The largest absolute Gasteiger partial charge is 1.00 e. The minimum atomic E-state index is -5.05. The lowest BCUT2D eigenvalue weighted by Gasteiger charge is -2.39. The molecule has 0 amide bonds. The van der Waals surface area contributed by atoms with Gasteiger partial charge in [0.1, 0.15) is 0 Å². The van der Waals surface area contributed by atoms with E-state index >= 15 is 0 Å². The van der Waals surface area contributed by atoms with Gasteiger partial charge in [-0.3, -0.25) is 0 Å². The van der Waals surface area contributed by atoms with Crippen LogP contribution in [0.25, 0.3) is 0 Å². The zero-order valence-electron chi connectivity index (χ0n) is 30.8. The second-order valence-electron chi connectivity index (χ2n) is 12.4. The Bertz CT molecular complexity index is 562. The molecule has 0 saturated carbocycles. The van der Waals surface area contributed by atoms with Crippen molar-refractivity contribution in [3.8, 4) is 0 Å². The zero-order valence-corrected chi connectivity index (χ0v) is 31.6. The van der Waals surface area contributed by atoms with E-state index in [9.17, 15) is 9.13 Å². The van der Waals surface area contributed by atoms with Crippen LogP contribution in [0.3, 0.4) is 0 Å². The smallest absolute Gasteiger partial charge is 0.324 e. The number of quaternary nitrogens is 2. The van der Waals surface area contributed by atoms with E-state index < -0.39 is 15.6 Å². The van der Waals surface area contributed by atoms with Crippen molar-refractivity contribution >= 4 is 15.6 Å². The van der Waals surface area contributed by atoms with E-state index in [1.54, 1.807) is 0 Å². The second kappa shape index (κ2) is 29.6. The second-order valence-corrected chi connectivity index (χ2v) is 15.0. The van der Waals surface area contributed by atoms with E-state index in [1.807, 2.05) is 0 Å². The van der Waals surface area contributed by atoms with E-state index in [1.165, 1.54) is 164 Å². The summed E-state index contributed by atoms with van der Waals surface area (Å²) in [4.78, 5) is 31.0. The molecule has 43 heavy (non-hydrogen) atoms. The van der Waals surface area contributed by atoms with E-state index in [-0.39, 0.29) is 1.43 Å². The van der Waals surface area contributed by atoms with E-state index in [0.29, 0.717) is 0 Å². The first-order valence-corrected chi connectivity index (χ1v) is 20.8. The third-order valence-electron chi connectivity index (χ3n) is 8.10. The number of hydrogen-bond acceptors (Lipinski definition) is 3. The molecule has 0 aliphatic rings. The van der Waals surface area contributed by atoms with Crippen molar-refractivity contribution in [2.75, 3.05) is 52.4 Å². The summed E-state index contributed by atoms with van der Waals surface area (Å²) < 4.78 is 25.1. The number of hydrogen-bond donors (Lipinski definition) is 4. The summed E-state index contributed by atoms with van der Waals surface area (Å²) >= 11 is 0. The van der Waals surface area contributed by atoms with Crippen LogP contribution in [0.15, 0.2) is 0 Å². The predicted octanol–water partition coefficient (Wildman–Crippen LogP) is 9.31. The Hall–Kier alpha value is 0.180. The molecule has 4 N–H and O–H groups in total. The molecule has 0 bridgehead atoms. The molecule has 11 heteroatoms. The van der Waals surface area contributed by atoms with E-state index in [0.717, 1.165) is 0 Å². The van der Waals surface area contributed by atoms with Gasteiger partial charge in [-0.05, 0) is 51.4 Å². The third kappa shape index (κ3) is 31.9. The van der Waals surface area contributed by atoms with Gasteiger partial charge in [-0.25, -0.2) is 9.13 Å². The third-order valence-corrected chi connectivity index (χ3v) is 9.80. The first-order valence-electron chi connectivity index (χ1n) is 17.7. The first kappa shape index (κ1) is 47.6. The Morgan fingerprint density at radius 3 is 0.605 bits per heavy atom. The van der Waals surface area contributed by atoms with Crippen LogP contribution in [0.4, 0.5) is 0 Å². The number of unbranched alkanes of at least 4 members (excludes halogenated alkanes) is 8. The fraction of sp³-hybridized carbons (Fsp3) is 1.00. The summed E-state index contributed by atoms with van der Waals surface area (Å²) in [5.74, 6) is 0. The molecule has 0 rings (SSSR count). The summed E-state index contributed by atoms with van der Waals surface area (Å²) in [6.45, 7) is 30.0. The fourth-order valence-electron chi connectivity index (χ4n) is 5.43. The van der Waals surface area contributed by atoms with Crippen LogP contribution in [-0.2, 0) is 13.4 Å². The molecule has 0 aromatic carbocycles. The molecular formula is C32H77N2O7P2+3. The molecule has 264 valence electrons. The quantitative estimate of drug-likeness (QED) is 0.0537. The Morgan fingerprint density at radius 2 is 0.535 bits per heavy atom. The number of rotatable bonds is 26. The SMILES string of the molecule is CCCC[N+](CCCC)(CCCC)CCCC.CCCC[N+](CCCC)(CCCC)CCCC.O=P(O)(O)OP(=O)(O)O.[H+]. The van der Waals surface area contributed by atoms with Crippen molar-refractivity contribution < 1.29 is 43.4 Å². The minimum absolute atomic E-state index is 0. The monoisotopic (exact) mass is 664 g/mol. The van der Waals surface area contributed by atoms with E-state index in [2.05, 4.69) is 59.7 Å². The maximum atomic E-state index is 9.63. The molecular weight excluding hydrogens is 586 g/mol. The normalized spacial score (nSPS) is 12.4. The molecule has 9 nitrogen and oxygen atoms in total. The van der Waals surface area contributed by atoms with Crippen LogP contribution in [0.1, 0.15) is 160 Å². The molecule has 0 unspecified atom stereocenters. The van der Waals surface area contributed by atoms with Crippen molar-refractivity contribution in [2.24, 2.45) is 0 Å². The average molecular weight is 664 g/mol. The van der Waals surface area contributed by atoms with Gasteiger partial charge in [0.25, 0.3) is 0 Å². The maximum absolute atomic E-state index is 9.63. The Morgan fingerprint density at radius 1 is 0.395 bits per heavy atom. The van der Waals surface area contributed by atoms with Crippen LogP contribution >= 0.6 is 15.6 Å². The topological polar surface area (TPSA) is 124 Å². The van der Waals surface area contributed by atoms with Gasteiger partial charge in [0.15, 0.2) is 0 Å². The Kier molecular flexibility index (Phi) is 32.7. The number of nitrogens with zero attached hydrogens (tertiary/aromatic N) is 2. The van der Waals surface area contributed by atoms with Gasteiger partial charge in [0, 0.05) is 0 Å². The average Bonchev–Trinajstić information content (AvgIpc) is 2.94. The van der Waals surface area contributed by atoms with Crippen LogP contribution in [0, 0.1) is 0 Å². The molecule has 0 spiro atoms. The van der Waals surface area contributed by atoms with Gasteiger partial charge < -0.3 is 28.5 Å². The van der Waals surface area contributed by atoms with Gasteiger partial charge in [0.05, 0.1) is 52.4 Å². The molecule has 0 aliphatic carbocycles. The number of phosphoric acid groups is 2. The highest BCUT2D eigenvalue weighted by molar-refractivity contribution is 7.60. The molecule has 0 aromatic rings. The molecule has 0 heterocycles. The van der Waals surface area contributed by atoms with Gasteiger partial charge >= 0.3 is 17.1 Å². The van der Waals surface area contributed by atoms with Crippen LogP contribution < -0.4 is 0 Å².